The first-order valence-electron chi connectivity index (χ1n) is 5.89. The van der Waals surface area contributed by atoms with Gasteiger partial charge in [-0.3, -0.25) is 9.59 Å². The molecule has 0 amide bonds. The van der Waals surface area contributed by atoms with Crippen molar-refractivity contribution in [2.75, 3.05) is 6.61 Å². The van der Waals surface area contributed by atoms with Crippen LogP contribution in [0.3, 0.4) is 0 Å². The number of carbonyl (C=O) groups is 4. The highest BCUT2D eigenvalue weighted by Crippen LogP contribution is 1.96. The van der Waals surface area contributed by atoms with E-state index in [1.54, 1.807) is 0 Å². The molecule has 1 atom stereocenters. The second-order valence-corrected chi connectivity index (χ2v) is 3.99. The summed E-state index contributed by atoms with van der Waals surface area (Å²) in [5.74, 6) is -4.89. The highest BCUT2D eigenvalue weighted by Gasteiger charge is 2.07. The predicted molar refractivity (Wildman–Crippen MR) is 76.8 cm³/mol. The molecule has 1 unspecified atom stereocenters. The molecule has 0 aromatic heterocycles. The summed E-state index contributed by atoms with van der Waals surface area (Å²) < 4.78 is 0. The molecule has 0 radical (unpaired) electrons. The van der Waals surface area contributed by atoms with Gasteiger partial charge in [0.15, 0.2) is 0 Å². The lowest BCUT2D eigenvalue weighted by atomic mass is 10.2. The summed E-state index contributed by atoms with van der Waals surface area (Å²) in [5, 5.41) is 48.2. The van der Waals surface area contributed by atoms with Crippen LogP contribution >= 0.6 is 0 Å². The Kier molecular flexibility index (Phi) is 15.6. The summed E-state index contributed by atoms with van der Waals surface area (Å²) in [5.41, 5.74) is -0.606. The number of aliphatic hydroxyl groups is 2. The molecule has 0 saturated heterocycles. The minimum absolute atomic E-state index is 0.139. The minimum Gasteiger partial charge on any atom is -0.481 e. The normalized spacial score (nSPS) is 9.87. The van der Waals surface area contributed by atoms with E-state index in [1.807, 2.05) is 0 Å². The summed E-state index contributed by atoms with van der Waals surface area (Å²) >= 11 is 0. The zero-order valence-corrected chi connectivity index (χ0v) is 12.4. The van der Waals surface area contributed by atoms with E-state index in [0.717, 1.165) is 0 Å². The van der Waals surface area contributed by atoms with Crippen LogP contribution in [0.25, 0.3) is 0 Å². The molecule has 10 nitrogen and oxygen atoms in total. The van der Waals surface area contributed by atoms with Gasteiger partial charge >= 0.3 is 23.9 Å². The molecular weight excluding hydrogens is 316 g/mol. The van der Waals surface area contributed by atoms with Crippen LogP contribution in [0.5, 0.6) is 0 Å². The van der Waals surface area contributed by atoms with Gasteiger partial charge in [0.05, 0.1) is 25.6 Å². The van der Waals surface area contributed by atoms with Crippen molar-refractivity contribution in [1.82, 2.24) is 0 Å². The summed E-state index contributed by atoms with van der Waals surface area (Å²) in [4.78, 5) is 39.3. The first-order valence-corrected chi connectivity index (χ1v) is 5.89. The summed E-state index contributed by atoms with van der Waals surface area (Å²) in [6.07, 6.45) is -1.57. The van der Waals surface area contributed by atoms with Crippen molar-refractivity contribution >= 4 is 23.9 Å². The van der Waals surface area contributed by atoms with Crippen molar-refractivity contribution in [3.63, 3.8) is 0 Å². The Balaban J connectivity index is -0.000000273. The summed E-state index contributed by atoms with van der Waals surface area (Å²) in [6.45, 7) is 7.42. The van der Waals surface area contributed by atoms with Crippen molar-refractivity contribution in [2.24, 2.45) is 0 Å². The number of hydrogen-bond acceptors (Lipinski definition) is 6. The lowest BCUT2D eigenvalue weighted by molar-refractivity contribution is -0.139. The van der Waals surface area contributed by atoms with Crippen LogP contribution in [0.1, 0.15) is 19.8 Å². The average molecular weight is 336 g/mol. The van der Waals surface area contributed by atoms with Gasteiger partial charge in [-0.05, 0) is 6.92 Å². The molecule has 0 rings (SSSR count). The number of aliphatic carboxylic acids is 4. The maximum absolute atomic E-state index is 9.87. The van der Waals surface area contributed by atoms with Gasteiger partial charge in [-0.1, -0.05) is 13.2 Å². The number of aliphatic hydroxyl groups excluding tert-OH is 2. The zero-order chi connectivity index (χ0) is 19.2. The molecule has 0 saturated carbocycles. The van der Waals surface area contributed by atoms with E-state index in [-0.39, 0.29) is 17.8 Å². The predicted octanol–water partition coefficient (Wildman–Crippen LogP) is -0.437. The third-order valence-corrected chi connectivity index (χ3v) is 1.60. The van der Waals surface area contributed by atoms with E-state index in [0.29, 0.717) is 0 Å². The number of rotatable bonds is 7. The van der Waals surface area contributed by atoms with Gasteiger partial charge in [0.2, 0.25) is 0 Å². The summed E-state index contributed by atoms with van der Waals surface area (Å²) in [7, 11) is 0. The Morgan fingerprint density at radius 2 is 1.04 bits per heavy atom. The maximum Gasteiger partial charge on any atom is 0.331 e. The Morgan fingerprint density at radius 3 is 1.09 bits per heavy atom. The van der Waals surface area contributed by atoms with Gasteiger partial charge in [-0.15, -0.1) is 0 Å². The van der Waals surface area contributed by atoms with Crippen LogP contribution in [0, 0.1) is 0 Å². The monoisotopic (exact) mass is 336 g/mol. The Hall–Kier alpha value is -2.72. The molecule has 0 aliphatic carbocycles. The van der Waals surface area contributed by atoms with Crippen molar-refractivity contribution in [3.05, 3.63) is 24.3 Å². The van der Waals surface area contributed by atoms with E-state index < -0.39 is 42.8 Å². The molecule has 10 heteroatoms. The smallest absolute Gasteiger partial charge is 0.331 e. The van der Waals surface area contributed by atoms with Crippen molar-refractivity contribution in [2.45, 2.75) is 25.9 Å². The molecule has 6 N–H and O–H groups in total. The SMILES string of the molecule is C=C(CC(=O)O)C(=O)O.C=C(CC(=O)O)C(=O)O.CC(O)CO. The van der Waals surface area contributed by atoms with Gasteiger partial charge in [0.1, 0.15) is 0 Å². The van der Waals surface area contributed by atoms with Crippen LogP contribution < -0.4 is 0 Å². The average Bonchev–Trinajstić information content (AvgIpc) is 2.38. The van der Waals surface area contributed by atoms with Gasteiger partial charge < -0.3 is 30.6 Å². The molecular formula is C13H20O10. The standard InChI is InChI=1S/2C5H6O4.C3H8O2/c2*1-3(5(8)9)2-4(6)7;1-3(5)2-4/h2*1-2H2,(H,6,7)(H,8,9);3-5H,2H2,1H3. The second-order valence-electron chi connectivity index (χ2n) is 3.99. The van der Waals surface area contributed by atoms with Crippen LogP contribution in [0.4, 0.5) is 0 Å². The molecule has 0 heterocycles. The molecule has 0 fully saturated rings. The molecule has 0 aromatic rings. The van der Waals surface area contributed by atoms with E-state index in [4.69, 9.17) is 30.6 Å². The Labute approximate surface area is 131 Å². The van der Waals surface area contributed by atoms with Gasteiger partial charge in [-0.2, -0.15) is 0 Å². The third-order valence-electron chi connectivity index (χ3n) is 1.60. The fraction of sp³-hybridized carbons (Fsp3) is 0.385. The van der Waals surface area contributed by atoms with Crippen molar-refractivity contribution in [1.29, 1.82) is 0 Å². The molecule has 0 aliphatic heterocycles. The topological polar surface area (TPSA) is 190 Å². The number of carboxylic acids is 4. The number of carboxylic acid groups (broad SMARTS) is 4. The van der Waals surface area contributed by atoms with Gasteiger partial charge in [0.25, 0.3) is 0 Å². The van der Waals surface area contributed by atoms with Crippen molar-refractivity contribution in [3.8, 4) is 0 Å². The molecule has 0 aliphatic rings. The molecule has 23 heavy (non-hydrogen) atoms. The van der Waals surface area contributed by atoms with Crippen LogP contribution in [-0.4, -0.2) is 67.2 Å². The van der Waals surface area contributed by atoms with E-state index >= 15 is 0 Å². The highest BCUT2D eigenvalue weighted by molar-refractivity contribution is 5.91. The quantitative estimate of drug-likeness (QED) is 0.332. The van der Waals surface area contributed by atoms with Crippen LogP contribution in [0.15, 0.2) is 24.3 Å². The third kappa shape index (κ3) is 24.7. The second kappa shape index (κ2) is 14.2. The largest absolute Gasteiger partial charge is 0.481 e. The minimum atomic E-state index is -1.27. The lowest BCUT2D eigenvalue weighted by Gasteiger charge is -1.91. The molecule has 132 valence electrons. The van der Waals surface area contributed by atoms with Crippen LogP contribution in [-0.2, 0) is 19.2 Å². The first kappa shape index (κ1) is 25.2. The van der Waals surface area contributed by atoms with Gasteiger partial charge in [0, 0.05) is 11.1 Å². The van der Waals surface area contributed by atoms with E-state index in [9.17, 15) is 19.2 Å². The molecule has 0 aromatic carbocycles. The lowest BCUT2D eigenvalue weighted by Crippen LogP contribution is -2.04. The van der Waals surface area contributed by atoms with Crippen LogP contribution in [0.2, 0.25) is 0 Å². The number of hydrogen-bond donors (Lipinski definition) is 6. The summed E-state index contributed by atoms with van der Waals surface area (Å²) in [6, 6.07) is 0. The Bertz CT molecular complexity index is 412. The Morgan fingerprint density at radius 1 is 0.826 bits per heavy atom. The fourth-order valence-electron chi connectivity index (χ4n) is 0.516. The van der Waals surface area contributed by atoms with E-state index in [1.165, 1.54) is 6.92 Å². The van der Waals surface area contributed by atoms with Crippen molar-refractivity contribution < 1.29 is 49.8 Å². The first-order chi connectivity index (χ1) is 10.3. The zero-order valence-electron chi connectivity index (χ0n) is 12.4. The van der Waals surface area contributed by atoms with Gasteiger partial charge in [-0.25, -0.2) is 9.59 Å². The molecule has 0 spiro atoms. The highest BCUT2D eigenvalue weighted by atomic mass is 16.4. The molecule has 0 bridgehead atoms. The maximum atomic E-state index is 9.87. The van der Waals surface area contributed by atoms with E-state index in [2.05, 4.69) is 13.2 Å². The fourth-order valence-corrected chi connectivity index (χ4v) is 0.516.